The second-order valence-corrected chi connectivity index (χ2v) is 4.68. The van der Waals surface area contributed by atoms with E-state index >= 15 is 0 Å². The van der Waals surface area contributed by atoms with Crippen molar-refractivity contribution in [2.75, 3.05) is 6.54 Å². The van der Waals surface area contributed by atoms with Crippen molar-refractivity contribution in [1.82, 2.24) is 20.4 Å². The van der Waals surface area contributed by atoms with Crippen molar-refractivity contribution in [3.05, 3.63) is 48.3 Å². The fourth-order valence-electron chi connectivity index (χ4n) is 2.01. The van der Waals surface area contributed by atoms with Gasteiger partial charge in [-0.25, -0.2) is 4.68 Å². The third kappa shape index (κ3) is 2.76. The fourth-order valence-corrected chi connectivity index (χ4v) is 2.01. The van der Waals surface area contributed by atoms with Crippen molar-refractivity contribution < 1.29 is 0 Å². The van der Waals surface area contributed by atoms with Crippen molar-refractivity contribution in [2.24, 2.45) is 4.99 Å². The Morgan fingerprint density at radius 2 is 2.16 bits per heavy atom. The van der Waals surface area contributed by atoms with Crippen LogP contribution in [0.2, 0.25) is 0 Å². The molecule has 0 saturated carbocycles. The van der Waals surface area contributed by atoms with Gasteiger partial charge in [0.25, 0.3) is 0 Å². The van der Waals surface area contributed by atoms with E-state index in [0.717, 1.165) is 23.9 Å². The third-order valence-corrected chi connectivity index (χ3v) is 3.01. The van der Waals surface area contributed by atoms with E-state index in [9.17, 15) is 0 Å². The third-order valence-electron chi connectivity index (χ3n) is 3.01. The molecule has 0 bridgehead atoms. The molecule has 1 unspecified atom stereocenters. The topological polar surface area (TPSA) is 54.2 Å². The Morgan fingerprint density at radius 3 is 2.89 bits per heavy atom. The van der Waals surface area contributed by atoms with Gasteiger partial charge in [-0.2, -0.15) is 5.10 Å². The maximum absolute atomic E-state index is 4.53. The van der Waals surface area contributed by atoms with Crippen LogP contribution in [0.15, 0.2) is 47.6 Å². The van der Waals surface area contributed by atoms with E-state index in [0.29, 0.717) is 12.6 Å². The predicted octanol–water partition coefficient (Wildman–Crippen LogP) is 1.31. The molecule has 0 amide bonds. The predicted molar refractivity (Wildman–Crippen MR) is 75.3 cm³/mol. The van der Waals surface area contributed by atoms with E-state index in [2.05, 4.69) is 27.6 Å². The maximum atomic E-state index is 4.53. The number of hydrogen-bond donors (Lipinski definition) is 2. The van der Waals surface area contributed by atoms with Gasteiger partial charge in [-0.15, -0.1) is 0 Å². The van der Waals surface area contributed by atoms with Crippen LogP contribution in [0.5, 0.6) is 0 Å². The van der Waals surface area contributed by atoms with Gasteiger partial charge in [0.2, 0.25) is 0 Å². The van der Waals surface area contributed by atoms with Gasteiger partial charge in [0.15, 0.2) is 5.96 Å². The van der Waals surface area contributed by atoms with Crippen LogP contribution in [0, 0.1) is 0 Å². The molecule has 2 heterocycles. The van der Waals surface area contributed by atoms with Crippen molar-refractivity contribution >= 4 is 5.96 Å². The van der Waals surface area contributed by atoms with E-state index in [4.69, 9.17) is 0 Å². The number of guanidine groups is 1. The number of aliphatic imine (C=N–C) groups is 1. The molecule has 0 aliphatic carbocycles. The molecule has 0 spiro atoms. The SMILES string of the molecule is CC1CN=C(NCc2ccn(-c3ccccc3)n2)N1. The van der Waals surface area contributed by atoms with Crippen LogP contribution in [-0.2, 0) is 6.54 Å². The zero-order valence-corrected chi connectivity index (χ0v) is 10.9. The van der Waals surface area contributed by atoms with Gasteiger partial charge in [0.05, 0.1) is 24.5 Å². The highest BCUT2D eigenvalue weighted by atomic mass is 15.3. The van der Waals surface area contributed by atoms with E-state index in [1.165, 1.54) is 0 Å². The second-order valence-electron chi connectivity index (χ2n) is 4.68. The highest BCUT2D eigenvalue weighted by Gasteiger charge is 2.11. The van der Waals surface area contributed by atoms with E-state index in [-0.39, 0.29) is 0 Å². The van der Waals surface area contributed by atoms with E-state index < -0.39 is 0 Å². The van der Waals surface area contributed by atoms with Crippen LogP contribution in [0.4, 0.5) is 0 Å². The molecule has 1 aromatic heterocycles. The Morgan fingerprint density at radius 1 is 1.32 bits per heavy atom. The quantitative estimate of drug-likeness (QED) is 0.869. The van der Waals surface area contributed by atoms with E-state index in [1.54, 1.807) is 0 Å². The molecule has 1 aliphatic heterocycles. The lowest BCUT2D eigenvalue weighted by molar-refractivity contribution is 0.710. The normalized spacial score (nSPS) is 17.9. The first-order valence-electron chi connectivity index (χ1n) is 6.46. The Kier molecular flexibility index (Phi) is 3.18. The summed E-state index contributed by atoms with van der Waals surface area (Å²) in [7, 11) is 0. The summed E-state index contributed by atoms with van der Waals surface area (Å²) in [6.07, 6.45) is 1.97. The zero-order chi connectivity index (χ0) is 13.1. The number of rotatable bonds is 3. The van der Waals surface area contributed by atoms with Gasteiger partial charge in [-0.1, -0.05) is 18.2 Å². The minimum absolute atomic E-state index is 0.421. The molecule has 0 saturated heterocycles. The number of nitrogens with zero attached hydrogens (tertiary/aromatic N) is 3. The zero-order valence-electron chi connectivity index (χ0n) is 10.9. The molecule has 0 radical (unpaired) electrons. The molecule has 19 heavy (non-hydrogen) atoms. The summed E-state index contributed by atoms with van der Waals surface area (Å²) in [5.41, 5.74) is 2.06. The summed E-state index contributed by atoms with van der Waals surface area (Å²) in [6, 6.07) is 12.5. The molecule has 1 atom stereocenters. The van der Waals surface area contributed by atoms with Gasteiger partial charge in [0, 0.05) is 12.2 Å². The second kappa shape index (κ2) is 5.14. The van der Waals surface area contributed by atoms with Gasteiger partial charge in [-0.05, 0) is 25.1 Å². The Hall–Kier alpha value is -2.30. The molecule has 2 aromatic rings. The van der Waals surface area contributed by atoms with Crippen molar-refractivity contribution in [2.45, 2.75) is 19.5 Å². The van der Waals surface area contributed by atoms with Crippen molar-refractivity contribution in [3.8, 4) is 5.69 Å². The van der Waals surface area contributed by atoms with Gasteiger partial charge >= 0.3 is 0 Å². The number of aromatic nitrogens is 2. The summed E-state index contributed by atoms with van der Waals surface area (Å²) in [6.45, 7) is 3.63. The lowest BCUT2D eigenvalue weighted by Gasteiger charge is -2.07. The van der Waals surface area contributed by atoms with Crippen LogP contribution >= 0.6 is 0 Å². The maximum Gasteiger partial charge on any atom is 0.191 e. The first-order valence-corrected chi connectivity index (χ1v) is 6.46. The largest absolute Gasteiger partial charge is 0.352 e. The van der Waals surface area contributed by atoms with Gasteiger partial charge in [-0.3, -0.25) is 4.99 Å². The monoisotopic (exact) mass is 255 g/mol. The van der Waals surface area contributed by atoms with E-state index in [1.807, 2.05) is 47.3 Å². The standard InChI is InChI=1S/C14H17N5/c1-11-9-15-14(17-11)16-10-12-7-8-19(18-12)13-5-3-2-4-6-13/h2-8,11H,9-10H2,1H3,(H2,15,16,17). The minimum Gasteiger partial charge on any atom is -0.352 e. The summed E-state index contributed by atoms with van der Waals surface area (Å²) < 4.78 is 1.88. The highest BCUT2D eigenvalue weighted by molar-refractivity contribution is 5.81. The lowest BCUT2D eigenvalue weighted by Crippen LogP contribution is -2.37. The Labute approximate surface area is 112 Å². The fraction of sp³-hybridized carbons (Fsp3) is 0.286. The summed E-state index contributed by atoms with van der Waals surface area (Å²) in [5.74, 6) is 0.863. The van der Waals surface area contributed by atoms with Gasteiger partial charge < -0.3 is 10.6 Å². The molecule has 5 nitrogen and oxygen atoms in total. The number of para-hydroxylation sites is 1. The number of nitrogens with one attached hydrogen (secondary N) is 2. The number of hydrogen-bond acceptors (Lipinski definition) is 4. The van der Waals surface area contributed by atoms with Crippen LogP contribution in [0.1, 0.15) is 12.6 Å². The molecule has 5 heteroatoms. The molecular weight excluding hydrogens is 238 g/mol. The smallest absolute Gasteiger partial charge is 0.191 e. The molecule has 2 N–H and O–H groups in total. The van der Waals surface area contributed by atoms with Crippen LogP contribution in [-0.4, -0.2) is 28.3 Å². The molecule has 1 aliphatic rings. The highest BCUT2D eigenvalue weighted by Crippen LogP contribution is 2.06. The average Bonchev–Trinajstić information content (AvgIpc) is 3.06. The van der Waals surface area contributed by atoms with Crippen LogP contribution < -0.4 is 10.6 Å². The van der Waals surface area contributed by atoms with Crippen molar-refractivity contribution in [3.63, 3.8) is 0 Å². The minimum atomic E-state index is 0.421. The molecule has 0 fully saturated rings. The summed E-state index contributed by atoms with van der Waals surface area (Å²) >= 11 is 0. The summed E-state index contributed by atoms with van der Waals surface area (Å²) in [4.78, 5) is 4.36. The molecule has 1 aromatic carbocycles. The average molecular weight is 255 g/mol. The van der Waals surface area contributed by atoms with Crippen LogP contribution in [0.3, 0.4) is 0 Å². The molecule has 3 rings (SSSR count). The van der Waals surface area contributed by atoms with Crippen molar-refractivity contribution in [1.29, 1.82) is 0 Å². The Bertz CT molecular complexity index is 573. The molecular formula is C14H17N5. The first kappa shape index (κ1) is 11.8. The summed E-state index contributed by atoms with van der Waals surface area (Å²) in [5, 5.41) is 11.1. The first-order chi connectivity index (χ1) is 9.31. The number of benzene rings is 1. The van der Waals surface area contributed by atoms with Crippen LogP contribution in [0.25, 0.3) is 5.69 Å². The molecule has 98 valence electrons. The van der Waals surface area contributed by atoms with Gasteiger partial charge in [0.1, 0.15) is 0 Å². The lowest BCUT2D eigenvalue weighted by atomic mass is 10.3. The Balaban J connectivity index is 1.63.